The summed E-state index contributed by atoms with van der Waals surface area (Å²) < 4.78 is 16.8. The van der Waals surface area contributed by atoms with Gasteiger partial charge in [0, 0.05) is 19.3 Å². The Kier molecular flexibility index (Phi) is 49.4. The third kappa shape index (κ3) is 50.0. The van der Waals surface area contributed by atoms with Crippen molar-refractivity contribution in [2.45, 2.75) is 271 Å². The predicted molar refractivity (Wildman–Crippen MR) is 270 cm³/mol. The lowest BCUT2D eigenvalue weighted by Crippen LogP contribution is -2.30. The molecule has 0 rings (SSSR count). The third-order valence-electron chi connectivity index (χ3n) is 11.5. The Morgan fingerprint density at radius 1 is 0.333 bits per heavy atom. The fourth-order valence-corrected chi connectivity index (χ4v) is 7.49. The van der Waals surface area contributed by atoms with Crippen LogP contribution >= 0.6 is 0 Å². The lowest BCUT2D eigenvalue weighted by Gasteiger charge is -2.18. The van der Waals surface area contributed by atoms with Crippen LogP contribution in [-0.4, -0.2) is 37.2 Å². The van der Waals surface area contributed by atoms with Crippen molar-refractivity contribution in [1.82, 2.24) is 0 Å². The van der Waals surface area contributed by atoms with E-state index >= 15 is 0 Å². The first-order chi connectivity index (χ1) is 31.0. The number of allylic oxidation sites excluding steroid dienone is 10. The summed E-state index contributed by atoms with van der Waals surface area (Å²) in [6.45, 7) is 6.51. The number of hydrogen-bond acceptors (Lipinski definition) is 6. The van der Waals surface area contributed by atoms with E-state index in [2.05, 4.69) is 81.5 Å². The Morgan fingerprint density at radius 2 is 0.619 bits per heavy atom. The molecule has 0 aliphatic rings. The molecule has 1 atom stereocenters. The topological polar surface area (TPSA) is 78.9 Å². The summed E-state index contributed by atoms with van der Waals surface area (Å²) in [7, 11) is 0. The first kappa shape index (κ1) is 60.1. The lowest BCUT2D eigenvalue weighted by molar-refractivity contribution is -0.167. The molecule has 0 bridgehead atoms. The number of ether oxygens (including phenoxy) is 3. The van der Waals surface area contributed by atoms with E-state index in [1.807, 2.05) is 0 Å². The molecule has 364 valence electrons. The zero-order valence-corrected chi connectivity index (χ0v) is 41.6. The summed E-state index contributed by atoms with van der Waals surface area (Å²) in [6, 6.07) is 0. The van der Waals surface area contributed by atoms with Gasteiger partial charge in [0.15, 0.2) is 6.10 Å². The Hall–Kier alpha value is -2.89. The van der Waals surface area contributed by atoms with Crippen LogP contribution in [-0.2, 0) is 28.6 Å². The molecule has 0 N–H and O–H groups in total. The number of unbranched alkanes of at least 4 members (excludes halogenated alkanes) is 27. The molecule has 6 heteroatoms. The summed E-state index contributed by atoms with van der Waals surface area (Å²) in [4.78, 5) is 38.0. The SMILES string of the molecule is CC/C=C\C/C=C\C/C=C\C/C=C\CCCCCCC(=O)OCC(COC(=O)CCCCCCCCCCCCCCC)OC(=O)CCCCCCC/C=C\CCCCCCCC. The largest absolute Gasteiger partial charge is 0.462 e. The average molecular weight is 881 g/mol. The zero-order chi connectivity index (χ0) is 45.8. The second kappa shape index (κ2) is 51.7. The molecule has 0 spiro atoms. The van der Waals surface area contributed by atoms with Crippen molar-refractivity contribution in [3.8, 4) is 0 Å². The van der Waals surface area contributed by atoms with Crippen molar-refractivity contribution < 1.29 is 28.6 Å². The molecule has 0 fully saturated rings. The van der Waals surface area contributed by atoms with Crippen LogP contribution < -0.4 is 0 Å². The van der Waals surface area contributed by atoms with E-state index in [4.69, 9.17) is 14.2 Å². The number of carbonyl (C=O) groups excluding carboxylic acids is 3. The van der Waals surface area contributed by atoms with Crippen LogP contribution in [0, 0.1) is 0 Å². The molecule has 1 unspecified atom stereocenters. The molecule has 0 saturated carbocycles. The quantitative estimate of drug-likeness (QED) is 0.0262. The first-order valence-electron chi connectivity index (χ1n) is 26.8. The van der Waals surface area contributed by atoms with Crippen LogP contribution in [0.25, 0.3) is 0 Å². The number of hydrogen-bond donors (Lipinski definition) is 0. The van der Waals surface area contributed by atoms with E-state index < -0.39 is 6.10 Å². The lowest BCUT2D eigenvalue weighted by atomic mass is 10.0. The van der Waals surface area contributed by atoms with Gasteiger partial charge in [-0.3, -0.25) is 14.4 Å². The van der Waals surface area contributed by atoms with Gasteiger partial charge in [-0.15, -0.1) is 0 Å². The highest BCUT2D eigenvalue weighted by atomic mass is 16.6. The highest BCUT2D eigenvalue weighted by Crippen LogP contribution is 2.15. The fraction of sp³-hybridized carbons (Fsp3) is 0.772. The van der Waals surface area contributed by atoms with Crippen molar-refractivity contribution in [2.24, 2.45) is 0 Å². The molecule has 0 aromatic heterocycles. The van der Waals surface area contributed by atoms with Crippen molar-refractivity contribution in [3.05, 3.63) is 60.8 Å². The van der Waals surface area contributed by atoms with Crippen molar-refractivity contribution in [2.75, 3.05) is 13.2 Å². The minimum Gasteiger partial charge on any atom is -0.462 e. The number of rotatable bonds is 48. The van der Waals surface area contributed by atoms with Gasteiger partial charge in [-0.1, -0.05) is 223 Å². The molecule has 0 heterocycles. The number of carbonyl (C=O) groups is 3. The van der Waals surface area contributed by atoms with Gasteiger partial charge in [-0.2, -0.15) is 0 Å². The van der Waals surface area contributed by atoms with Crippen molar-refractivity contribution in [3.63, 3.8) is 0 Å². The summed E-state index contributed by atoms with van der Waals surface area (Å²) in [6.07, 6.45) is 63.4. The van der Waals surface area contributed by atoms with Gasteiger partial charge in [0.2, 0.25) is 0 Å². The van der Waals surface area contributed by atoms with Crippen molar-refractivity contribution in [1.29, 1.82) is 0 Å². The van der Waals surface area contributed by atoms with Crippen LogP contribution in [0.2, 0.25) is 0 Å². The normalized spacial score (nSPS) is 12.5. The van der Waals surface area contributed by atoms with Gasteiger partial charge >= 0.3 is 17.9 Å². The fourth-order valence-electron chi connectivity index (χ4n) is 7.49. The maximum atomic E-state index is 12.8. The zero-order valence-electron chi connectivity index (χ0n) is 41.6. The third-order valence-corrected chi connectivity index (χ3v) is 11.5. The van der Waals surface area contributed by atoms with Gasteiger partial charge in [-0.05, 0) is 83.5 Å². The molecule has 0 aromatic rings. The van der Waals surface area contributed by atoms with Crippen LogP contribution in [0.4, 0.5) is 0 Å². The highest BCUT2D eigenvalue weighted by molar-refractivity contribution is 5.71. The van der Waals surface area contributed by atoms with E-state index in [1.54, 1.807) is 0 Å². The van der Waals surface area contributed by atoms with Crippen LogP contribution in [0.5, 0.6) is 0 Å². The standard InChI is InChI=1S/C57H100O6/c1-4-7-10-13-16-19-22-25-27-28-30-32-35-38-41-44-47-50-56(59)62-53-54(52-61-55(58)49-46-43-40-37-34-31-24-21-18-15-12-9-6-3)63-57(60)51-48-45-42-39-36-33-29-26-23-20-17-14-11-8-5-2/h7,10,16,19,25-27,29-30,32,54H,4-6,8-9,11-15,17-18,20-24,28,31,33-53H2,1-3H3/b10-7-,19-16-,27-25-,29-26-,32-30-. The molecule has 0 amide bonds. The van der Waals surface area contributed by atoms with Gasteiger partial charge in [0.05, 0.1) is 0 Å². The Bertz CT molecular complexity index is 1150. The monoisotopic (exact) mass is 881 g/mol. The summed E-state index contributed by atoms with van der Waals surface area (Å²) >= 11 is 0. The summed E-state index contributed by atoms with van der Waals surface area (Å²) in [5.41, 5.74) is 0. The smallest absolute Gasteiger partial charge is 0.306 e. The van der Waals surface area contributed by atoms with Crippen LogP contribution in [0.3, 0.4) is 0 Å². The van der Waals surface area contributed by atoms with Crippen LogP contribution in [0.1, 0.15) is 265 Å². The second-order valence-electron chi connectivity index (χ2n) is 17.8. The minimum atomic E-state index is -0.786. The van der Waals surface area contributed by atoms with E-state index in [0.29, 0.717) is 19.3 Å². The van der Waals surface area contributed by atoms with E-state index in [9.17, 15) is 14.4 Å². The molecular weight excluding hydrogens is 781 g/mol. The molecule has 63 heavy (non-hydrogen) atoms. The average Bonchev–Trinajstić information content (AvgIpc) is 3.28. The van der Waals surface area contributed by atoms with Gasteiger partial charge in [0.1, 0.15) is 13.2 Å². The minimum absolute atomic E-state index is 0.0834. The summed E-state index contributed by atoms with van der Waals surface area (Å²) in [5, 5.41) is 0. The molecular formula is C57H100O6. The molecule has 0 aliphatic carbocycles. The maximum absolute atomic E-state index is 12.8. The molecule has 0 aliphatic heterocycles. The molecule has 0 aromatic carbocycles. The number of esters is 3. The summed E-state index contributed by atoms with van der Waals surface area (Å²) in [5.74, 6) is -0.909. The highest BCUT2D eigenvalue weighted by Gasteiger charge is 2.19. The van der Waals surface area contributed by atoms with Gasteiger partial charge in [0.25, 0.3) is 0 Å². The molecule has 6 nitrogen and oxygen atoms in total. The van der Waals surface area contributed by atoms with Crippen LogP contribution in [0.15, 0.2) is 60.8 Å². The Balaban J connectivity index is 4.42. The van der Waals surface area contributed by atoms with Gasteiger partial charge < -0.3 is 14.2 Å². The molecule has 0 saturated heterocycles. The second-order valence-corrected chi connectivity index (χ2v) is 17.8. The Labute approximate surface area is 390 Å². The van der Waals surface area contributed by atoms with Gasteiger partial charge in [-0.25, -0.2) is 0 Å². The van der Waals surface area contributed by atoms with Crippen molar-refractivity contribution >= 4 is 17.9 Å². The van der Waals surface area contributed by atoms with E-state index in [-0.39, 0.29) is 31.1 Å². The van der Waals surface area contributed by atoms with E-state index in [0.717, 1.165) is 109 Å². The maximum Gasteiger partial charge on any atom is 0.306 e. The Morgan fingerprint density at radius 3 is 0.984 bits per heavy atom. The molecule has 0 radical (unpaired) electrons. The predicted octanol–water partition coefficient (Wildman–Crippen LogP) is 17.6. The first-order valence-corrected chi connectivity index (χ1v) is 26.8. The van der Waals surface area contributed by atoms with E-state index in [1.165, 1.54) is 116 Å².